The van der Waals surface area contributed by atoms with E-state index in [1.807, 2.05) is 49.0 Å². The average molecular weight is 493 g/mol. The van der Waals surface area contributed by atoms with Crippen molar-refractivity contribution in [1.29, 1.82) is 0 Å². The van der Waals surface area contributed by atoms with E-state index in [9.17, 15) is 14.4 Å². The zero-order chi connectivity index (χ0) is 24.5. The van der Waals surface area contributed by atoms with Gasteiger partial charge in [0.15, 0.2) is 0 Å². The summed E-state index contributed by atoms with van der Waals surface area (Å²) in [6.07, 6.45) is 7.78. The van der Waals surface area contributed by atoms with Crippen molar-refractivity contribution in [2.24, 2.45) is 29.6 Å². The molecule has 0 amide bonds. The second-order valence-electron chi connectivity index (χ2n) is 10.4. The molecule has 3 fully saturated rings. The molecule has 6 nitrogen and oxygen atoms in total. The van der Waals surface area contributed by atoms with Gasteiger partial charge in [-0.3, -0.25) is 9.59 Å². The van der Waals surface area contributed by atoms with Gasteiger partial charge in [-0.15, -0.1) is 11.8 Å². The van der Waals surface area contributed by atoms with Crippen molar-refractivity contribution >= 4 is 29.7 Å². The number of allylic oxidation sites excluding steroid dienone is 2. The Bertz CT molecular complexity index is 1190. The van der Waals surface area contributed by atoms with Gasteiger partial charge in [0, 0.05) is 34.3 Å². The van der Waals surface area contributed by atoms with Crippen molar-refractivity contribution < 1.29 is 28.6 Å². The van der Waals surface area contributed by atoms with Crippen LogP contribution < -0.4 is 0 Å². The van der Waals surface area contributed by atoms with Crippen LogP contribution in [0, 0.1) is 29.6 Å². The number of esters is 3. The van der Waals surface area contributed by atoms with Gasteiger partial charge in [-0.1, -0.05) is 55.1 Å². The average Bonchev–Trinajstić information content (AvgIpc) is 3.43. The summed E-state index contributed by atoms with van der Waals surface area (Å²) in [4.78, 5) is 39.1. The molecular formula is C28H28O6S. The lowest BCUT2D eigenvalue weighted by molar-refractivity contribution is -0.177. The van der Waals surface area contributed by atoms with E-state index in [-0.39, 0.29) is 28.6 Å². The Morgan fingerprint density at radius 2 is 1.94 bits per heavy atom. The highest BCUT2D eigenvalue weighted by Crippen LogP contribution is 2.60. The summed E-state index contributed by atoms with van der Waals surface area (Å²) in [7, 11) is 0. The van der Waals surface area contributed by atoms with Crippen LogP contribution in [0.25, 0.3) is 0 Å². The smallest absolute Gasteiger partial charge is 0.333 e. The number of hydrogen-bond donors (Lipinski definition) is 0. The number of ether oxygens (including phenoxy) is 3. The maximum atomic E-state index is 14.0. The molecule has 0 N–H and O–H groups in total. The minimum absolute atomic E-state index is 0.0518. The van der Waals surface area contributed by atoms with Crippen LogP contribution in [-0.4, -0.2) is 35.4 Å². The molecule has 35 heavy (non-hydrogen) atoms. The van der Waals surface area contributed by atoms with Gasteiger partial charge in [0.1, 0.15) is 17.8 Å². The van der Waals surface area contributed by atoms with Gasteiger partial charge < -0.3 is 14.2 Å². The third-order valence-corrected chi connectivity index (χ3v) is 9.74. The van der Waals surface area contributed by atoms with Crippen molar-refractivity contribution in [3.05, 3.63) is 71.8 Å². The third kappa shape index (κ3) is 3.34. The van der Waals surface area contributed by atoms with Gasteiger partial charge in [-0.25, -0.2) is 4.79 Å². The van der Waals surface area contributed by atoms with E-state index in [0.717, 1.165) is 16.9 Å². The maximum absolute atomic E-state index is 14.0. The van der Waals surface area contributed by atoms with Crippen molar-refractivity contribution in [1.82, 2.24) is 0 Å². The first kappa shape index (κ1) is 22.7. The molecule has 2 aliphatic heterocycles. The molecule has 9 unspecified atom stereocenters. The van der Waals surface area contributed by atoms with E-state index < -0.39 is 47.6 Å². The number of carbonyl (C=O) groups is 3. The predicted molar refractivity (Wildman–Crippen MR) is 130 cm³/mol. The van der Waals surface area contributed by atoms with Gasteiger partial charge in [-0.2, -0.15) is 0 Å². The number of benzene rings is 1. The van der Waals surface area contributed by atoms with Crippen LogP contribution in [0.4, 0.5) is 0 Å². The van der Waals surface area contributed by atoms with E-state index in [4.69, 9.17) is 14.2 Å². The molecule has 182 valence electrons. The highest BCUT2D eigenvalue weighted by atomic mass is 32.2. The second-order valence-corrected chi connectivity index (χ2v) is 11.6. The molecule has 1 aromatic carbocycles. The molecular weight excluding hydrogens is 464 g/mol. The summed E-state index contributed by atoms with van der Waals surface area (Å²) in [6.45, 7) is 7.22. The fourth-order valence-corrected chi connectivity index (χ4v) is 8.22. The first-order valence-corrected chi connectivity index (χ1v) is 13.2. The first-order chi connectivity index (χ1) is 16.8. The summed E-state index contributed by atoms with van der Waals surface area (Å²) >= 11 is 1.84. The molecule has 1 saturated heterocycles. The molecule has 5 aliphatic rings. The molecule has 2 heterocycles. The molecule has 1 aromatic rings. The Balaban J connectivity index is 1.34. The van der Waals surface area contributed by atoms with E-state index in [1.54, 1.807) is 6.92 Å². The lowest BCUT2D eigenvalue weighted by Gasteiger charge is -2.40. The van der Waals surface area contributed by atoms with E-state index in [2.05, 4.69) is 24.8 Å². The van der Waals surface area contributed by atoms with Crippen LogP contribution in [0.15, 0.2) is 60.7 Å². The number of carbonyl (C=O) groups excluding carboxylic acids is 3. The maximum Gasteiger partial charge on any atom is 0.333 e. The lowest BCUT2D eigenvalue weighted by Crippen LogP contribution is -2.47. The van der Waals surface area contributed by atoms with Gasteiger partial charge >= 0.3 is 17.9 Å². The van der Waals surface area contributed by atoms with Crippen LogP contribution in [0.3, 0.4) is 0 Å². The van der Waals surface area contributed by atoms with Crippen LogP contribution in [0.1, 0.15) is 31.4 Å². The Kier molecular flexibility index (Phi) is 5.25. The van der Waals surface area contributed by atoms with Crippen molar-refractivity contribution in [3.8, 4) is 0 Å². The summed E-state index contributed by atoms with van der Waals surface area (Å²) in [5, 5.41) is 0.162. The normalized spacial score (nSPS) is 39.9. The van der Waals surface area contributed by atoms with Crippen LogP contribution >= 0.6 is 11.8 Å². The summed E-state index contributed by atoms with van der Waals surface area (Å²) < 4.78 is 17.8. The van der Waals surface area contributed by atoms with Crippen LogP contribution in [0.5, 0.6) is 0 Å². The number of fused-ring (bicyclic) bond motifs is 3. The molecule has 2 saturated carbocycles. The first-order valence-electron chi connectivity index (χ1n) is 12.1. The van der Waals surface area contributed by atoms with Gasteiger partial charge in [0.25, 0.3) is 0 Å². The quantitative estimate of drug-likeness (QED) is 0.356. The van der Waals surface area contributed by atoms with Gasteiger partial charge in [-0.05, 0) is 31.4 Å². The summed E-state index contributed by atoms with van der Waals surface area (Å²) in [5.74, 6) is -2.25. The zero-order valence-electron chi connectivity index (χ0n) is 19.7. The SMILES string of the molecule is C=C(C)C(=O)OC1C2CC3C1OC(=O)C3C2C(=O)OC1(C)c2ccccc2CSC2C=CC=CC21. The lowest BCUT2D eigenvalue weighted by atomic mass is 9.76. The molecule has 0 spiro atoms. The fourth-order valence-electron chi connectivity index (χ4n) is 6.83. The number of thioether (sulfide) groups is 1. The Labute approximate surface area is 208 Å². The van der Waals surface area contributed by atoms with Crippen LogP contribution in [-0.2, 0) is 39.9 Å². The van der Waals surface area contributed by atoms with Crippen molar-refractivity contribution in [2.75, 3.05) is 0 Å². The highest BCUT2D eigenvalue weighted by molar-refractivity contribution is 7.99. The topological polar surface area (TPSA) is 78.9 Å². The second kappa shape index (κ2) is 8.12. The Hall–Kier alpha value is -2.80. The standard InChI is InChI=1S/C28H28O6S/c1-14(2)25(29)32-23-17-12-16-21(26(30)33-24(16)23)22(17)27(31)34-28(3)18-9-5-4-8-15(18)13-35-20-11-7-6-10-19(20)28/h4-11,16-17,19-24H,1,12-13H2,2-3H3. The summed E-state index contributed by atoms with van der Waals surface area (Å²) in [6, 6.07) is 8.11. The molecule has 3 aliphatic carbocycles. The molecule has 9 atom stereocenters. The fraction of sp³-hybridized carbons (Fsp3) is 0.464. The molecule has 7 heteroatoms. The molecule has 2 bridgehead atoms. The Morgan fingerprint density at radius 1 is 1.17 bits per heavy atom. The van der Waals surface area contributed by atoms with Gasteiger partial charge in [0.2, 0.25) is 0 Å². The molecule has 0 aromatic heterocycles. The minimum atomic E-state index is -0.906. The van der Waals surface area contributed by atoms with E-state index in [0.29, 0.717) is 6.42 Å². The molecule has 0 radical (unpaired) electrons. The third-order valence-electron chi connectivity index (χ3n) is 8.43. The van der Waals surface area contributed by atoms with E-state index >= 15 is 0 Å². The number of hydrogen-bond acceptors (Lipinski definition) is 7. The van der Waals surface area contributed by atoms with Crippen molar-refractivity contribution in [3.63, 3.8) is 0 Å². The van der Waals surface area contributed by atoms with E-state index in [1.165, 1.54) is 0 Å². The minimum Gasteiger partial charge on any atom is -0.458 e. The number of rotatable bonds is 4. The van der Waals surface area contributed by atoms with Crippen molar-refractivity contribution in [2.45, 2.75) is 49.1 Å². The predicted octanol–water partition coefficient (Wildman–Crippen LogP) is 4.10. The van der Waals surface area contributed by atoms with Crippen LogP contribution in [0.2, 0.25) is 0 Å². The summed E-state index contributed by atoms with van der Waals surface area (Å²) in [5.41, 5.74) is 1.51. The molecule has 6 rings (SSSR count). The monoisotopic (exact) mass is 492 g/mol. The highest BCUT2D eigenvalue weighted by Gasteiger charge is 2.70. The zero-order valence-corrected chi connectivity index (χ0v) is 20.5. The largest absolute Gasteiger partial charge is 0.458 e. The van der Waals surface area contributed by atoms with Gasteiger partial charge in [0.05, 0.1) is 11.8 Å². The Morgan fingerprint density at radius 3 is 2.74 bits per heavy atom.